The van der Waals surface area contributed by atoms with E-state index in [1.165, 1.54) is 19.2 Å². The highest BCUT2D eigenvalue weighted by Gasteiger charge is 2.33. The van der Waals surface area contributed by atoms with Crippen LogP contribution in [0, 0.1) is 5.82 Å². The topological polar surface area (TPSA) is 49.4 Å². The van der Waals surface area contributed by atoms with Crippen LogP contribution < -0.4 is 5.32 Å². The van der Waals surface area contributed by atoms with Crippen molar-refractivity contribution in [1.29, 1.82) is 0 Å². The Morgan fingerprint density at radius 1 is 1.11 bits per heavy atom. The molecule has 0 radical (unpaired) electrons. The second-order valence-corrected chi connectivity index (χ2v) is 6.37. The van der Waals surface area contributed by atoms with Crippen LogP contribution in [0.3, 0.4) is 0 Å². The van der Waals surface area contributed by atoms with E-state index in [4.69, 9.17) is 23.2 Å². The van der Waals surface area contributed by atoms with Crippen LogP contribution >= 0.6 is 23.2 Å². The Labute approximate surface area is 161 Å². The number of amides is 2. The third-order valence-corrected chi connectivity index (χ3v) is 4.01. The SMILES string of the molecule is CN(CC(=O)Nc1ccc(Cl)c(C(F)(F)F)c1)C(=O)c1cc(Cl)ccc1F. The molecule has 0 bridgehead atoms. The van der Waals surface area contributed by atoms with E-state index in [1.54, 1.807) is 0 Å². The van der Waals surface area contributed by atoms with Crippen molar-refractivity contribution in [2.24, 2.45) is 0 Å². The molecular weight excluding hydrogens is 411 g/mol. The molecule has 1 N–H and O–H groups in total. The highest BCUT2D eigenvalue weighted by molar-refractivity contribution is 6.31. The first-order chi connectivity index (χ1) is 12.5. The summed E-state index contributed by atoms with van der Waals surface area (Å²) in [7, 11) is 1.24. The molecule has 0 fully saturated rings. The summed E-state index contributed by atoms with van der Waals surface area (Å²) in [6, 6.07) is 6.25. The number of alkyl halides is 3. The van der Waals surface area contributed by atoms with Gasteiger partial charge < -0.3 is 10.2 Å². The van der Waals surface area contributed by atoms with Gasteiger partial charge in [-0.25, -0.2) is 4.39 Å². The predicted molar refractivity (Wildman–Crippen MR) is 93.5 cm³/mol. The molecule has 0 unspecified atom stereocenters. The zero-order valence-electron chi connectivity index (χ0n) is 13.7. The molecule has 4 nitrogen and oxygen atoms in total. The molecule has 10 heteroatoms. The van der Waals surface area contributed by atoms with Crippen LogP contribution in [0.15, 0.2) is 36.4 Å². The number of anilines is 1. The minimum absolute atomic E-state index is 0.137. The van der Waals surface area contributed by atoms with Crippen LogP contribution in [0.5, 0.6) is 0 Å². The van der Waals surface area contributed by atoms with Crippen LogP contribution in [-0.2, 0) is 11.0 Å². The van der Waals surface area contributed by atoms with Gasteiger partial charge in [-0.3, -0.25) is 9.59 Å². The Morgan fingerprint density at radius 2 is 1.78 bits per heavy atom. The third-order valence-electron chi connectivity index (χ3n) is 3.44. The number of likely N-dealkylation sites (N-methyl/N-ethyl adjacent to an activating group) is 1. The maximum atomic E-state index is 13.7. The number of carbonyl (C=O) groups excluding carboxylic acids is 2. The summed E-state index contributed by atoms with van der Waals surface area (Å²) in [4.78, 5) is 25.1. The van der Waals surface area contributed by atoms with E-state index in [-0.39, 0.29) is 16.3 Å². The zero-order valence-corrected chi connectivity index (χ0v) is 15.2. The van der Waals surface area contributed by atoms with Gasteiger partial charge in [0.2, 0.25) is 5.91 Å². The van der Waals surface area contributed by atoms with Crippen LogP contribution in [0.1, 0.15) is 15.9 Å². The summed E-state index contributed by atoms with van der Waals surface area (Å²) in [5.74, 6) is -2.40. The normalized spacial score (nSPS) is 11.2. The van der Waals surface area contributed by atoms with E-state index in [1.807, 2.05) is 0 Å². The minimum Gasteiger partial charge on any atom is -0.332 e. The van der Waals surface area contributed by atoms with E-state index >= 15 is 0 Å². The van der Waals surface area contributed by atoms with E-state index in [0.717, 1.165) is 23.1 Å². The lowest BCUT2D eigenvalue weighted by atomic mass is 10.2. The van der Waals surface area contributed by atoms with Crippen LogP contribution in [-0.4, -0.2) is 30.3 Å². The van der Waals surface area contributed by atoms with Crippen molar-refractivity contribution < 1.29 is 27.2 Å². The van der Waals surface area contributed by atoms with E-state index < -0.39 is 40.9 Å². The Bertz CT molecular complexity index is 888. The van der Waals surface area contributed by atoms with Crippen molar-refractivity contribution in [3.8, 4) is 0 Å². The van der Waals surface area contributed by atoms with Crippen molar-refractivity contribution in [3.63, 3.8) is 0 Å². The number of halogens is 6. The Hall–Kier alpha value is -2.32. The number of nitrogens with zero attached hydrogens (tertiary/aromatic N) is 1. The molecule has 27 heavy (non-hydrogen) atoms. The predicted octanol–water partition coefficient (Wildman–Crippen LogP) is 4.86. The van der Waals surface area contributed by atoms with Crippen molar-refractivity contribution in [2.45, 2.75) is 6.18 Å². The van der Waals surface area contributed by atoms with Crippen LogP contribution in [0.4, 0.5) is 23.2 Å². The van der Waals surface area contributed by atoms with Gasteiger partial charge in [0, 0.05) is 17.8 Å². The molecule has 0 aromatic heterocycles. The summed E-state index contributed by atoms with van der Waals surface area (Å²) in [6.45, 7) is -0.519. The van der Waals surface area contributed by atoms with Crippen molar-refractivity contribution in [1.82, 2.24) is 4.90 Å². The van der Waals surface area contributed by atoms with Crippen LogP contribution in [0.2, 0.25) is 10.0 Å². The smallest absolute Gasteiger partial charge is 0.332 e. The molecule has 0 aliphatic heterocycles. The lowest BCUT2D eigenvalue weighted by Gasteiger charge is -2.18. The number of nitrogens with one attached hydrogen (secondary N) is 1. The highest BCUT2D eigenvalue weighted by Crippen LogP contribution is 2.36. The molecule has 144 valence electrons. The molecule has 0 aliphatic carbocycles. The molecule has 0 heterocycles. The molecule has 0 aliphatic rings. The second kappa shape index (κ2) is 8.14. The first kappa shape index (κ1) is 21.0. The first-order valence-electron chi connectivity index (χ1n) is 7.36. The largest absolute Gasteiger partial charge is 0.417 e. The van der Waals surface area contributed by atoms with Gasteiger partial charge in [-0.15, -0.1) is 0 Å². The summed E-state index contributed by atoms with van der Waals surface area (Å²) >= 11 is 11.2. The van der Waals surface area contributed by atoms with Gasteiger partial charge >= 0.3 is 6.18 Å². The van der Waals surface area contributed by atoms with E-state index in [0.29, 0.717) is 6.07 Å². The average Bonchev–Trinajstić information content (AvgIpc) is 2.57. The Kier molecular flexibility index (Phi) is 6.33. The van der Waals surface area contributed by atoms with Gasteiger partial charge in [0.25, 0.3) is 5.91 Å². The quantitative estimate of drug-likeness (QED) is 0.715. The number of hydrogen-bond donors (Lipinski definition) is 1. The standard InChI is InChI=1S/C17H12Cl2F4N2O2/c1-25(16(27)11-6-9(18)2-5-14(11)20)8-15(26)24-10-3-4-13(19)12(7-10)17(21,22)23/h2-7H,8H2,1H3,(H,24,26). The van der Waals surface area contributed by atoms with Crippen LogP contribution in [0.25, 0.3) is 0 Å². The van der Waals surface area contributed by atoms with E-state index in [9.17, 15) is 27.2 Å². The summed E-state index contributed by atoms with van der Waals surface area (Å²) < 4.78 is 52.3. The average molecular weight is 423 g/mol. The molecule has 0 atom stereocenters. The molecule has 2 aromatic rings. The molecule has 0 spiro atoms. The van der Waals surface area contributed by atoms with Crippen molar-refractivity contribution >= 4 is 40.7 Å². The fourth-order valence-electron chi connectivity index (χ4n) is 2.18. The van der Waals surface area contributed by atoms with Gasteiger partial charge in [0.1, 0.15) is 5.82 Å². The zero-order chi connectivity index (χ0) is 20.4. The minimum atomic E-state index is -4.69. The maximum Gasteiger partial charge on any atom is 0.417 e. The fourth-order valence-corrected chi connectivity index (χ4v) is 2.57. The second-order valence-electron chi connectivity index (χ2n) is 5.53. The lowest BCUT2D eigenvalue weighted by Crippen LogP contribution is -2.35. The summed E-state index contributed by atoms with van der Waals surface area (Å²) in [5.41, 5.74) is -1.58. The number of hydrogen-bond acceptors (Lipinski definition) is 2. The number of carbonyl (C=O) groups is 2. The summed E-state index contributed by atoms with van der Waals surface area (Å²) in [6.07, 6.45) is -4.69. The molecular formula is C17H12Cl2F4N2O2. The monoisotopic (exact) mass is 422 g/mol. The lowest BCUT2D eigenvalue weighted by molar-refractivity contribution is -0.137. The van der Waals surface area contributed by atoms with Gasteiger partial charge in [0.05, 0.1) is 22.7 Å². The molecule has 2 amide bonds. The summed E-state index contributed by atoms with van der Waals surface area (Å²) in [5, 5.41) is 1.86. The number of rotatable bonds is 4. The molecule has 0 saturated heterocycles. The van der Waals surface area contributed by atoms with E-state index in [2.05, 4.69) is 5.32 Å². The van der Waals surface area contributed by atoms with Gasteiger partial charge in [-0.2, -0.15) is 13.2 Å². The molecule has 2 rings (SSSR count). The Morgan fingerprint density at radius 3 is 2.41 bits per heavy atom. The van der Waals surface area contributed by atoms with Gasteiger partial charge in [-0.1, -0.05) is 23.2 Å². The van der Waals surface area contributed by atoms with Gasteiger partial charge in [-0.05, 0) is 36.4 Å². The molecule has 2 aromatic carbocycles. The van der Waals surface area contributed by atoms with Crippen molar-refractivity contribution in [3.05, 3.63) is 63.4 Å². The van der Waals surface area contributed by atoms with Gasteiger partial charge in [0.15, 0.2) is 0 Å². The Balaban J connectivity index is 2.09. The highest BCUT2D eigenvalue weighted by atomic mass is 35.5. The van der Waals surface area contributed by atoms with Crippen molar-refractivity contribution in [2.75, 3.05) is 18.9 Å². The first-order valence-corrected chi connectivity index (χ1v) is 8.11. The fraction of sp³-hybridized carbons (Fsp3) is 0.176. The maximum absolute atomic E-state index is 13.7. The third kappa shape index (κ3) is 5.33. The number of benzene rings is 2. The molecule has 0 saturated carbocycles.